The Balaban J connectivity index is 1.90. The van der Waals surface area contributed by atoms with Gasteiger partial charge in [-0.15, -0.1) is 0 Å². The lowest BCUT2D eigenvalue weighted by molar-refractivity contribution is -0.133. The van der Waals surface area contributed by atoms with Crippen molar-refractivity contribution in [2.45, 2.75) is 25.3 Å². The molecule has 1 amide bonds. The van der Waals surface area contributed by atoms with Gasteiger partial charge in [-0.2, -0.15) is 0 Å². The minimum absolute atomic E-state index is 0.0921. The maximum Gasteiger partial charge on any atom is 0.224 e. The molecule has 4 nitrogen and oxygen atoms in total. The van der Waals surface area contributed by atoms with Crippen LogP contribution < -0.4 is 5.73 Å². The Morgan fingerprint density at radius 2 is 2.16 bits per heavy atom. The maximum atomic E-state index is 12.2. The van der Waals surface area contributed by atoms with Gasteiger partial charge in [-0.1, -0.05) is 30.3 Å². The molecule has 1 aromatic rings. The molecule has 0 spiro atoms. The Morgan fingerprint density at radius 3 is 2.84 bits per heavy atom. The van der Waals surface area contributed by atoms with Crippen LogP contribution in [0, 0.1) is 5.92 Å². The second kappa shape index (κ2) is 6.68. The van der Waals surface area contributed by atoms with Gasteiger partial charge in [-0.3, -0.25) is 4.79 Å². The minimum Gasteiger partial charge on any atom is -0.396 e. The molecule has 0 aliphatic carbocycles. The first kappa shape index (κ1) is 14.0. The summed E-state index contributed by atoms with van der Waals surface area (Å²) in [5, 5.41) is 9.19. The topological polar surface area (TPSA) is 66.6 Å². The first-order chi connectivity index (χ1) is 9.20. The number of aliphatic hydroxyl groups is 1. The molecule has 3 N–H and O–H groups in total. The molecule has 1 fully saturated rings. The number of benzene rings is 1. The molecule has 2 atom stereocenters. The van der Waals surface area contributed by atoms with Crippen LogP contribution in [0.2, 0.25) is 0 Å². The van der Waals surface area contributed by atoms with Crippen LogP contribution in [-0.2, 0) is 4.79 Å². The second-order valence-electron chi connectivity index (χ2n) is 5.25. The van der Waals surface area contributed by atoms with E-state index in [1.165, 1.54) is 0 Å². The molecule has 1 heterocycles. The number of rotatable bonds is 4. The van der Waals surface area contributed by atoms with Gasteiger partial charge in [0.25, 0.3) is 0 Å². The molecule has 4 heteroatoms. The van der Waals surface area contributed by atoms with Crippen LogP contribution in [0.4, 0.5) is 0 Å². The molecular formula is C15H22N2O2. The molecule has 1 saturated heterocycles. The molecule has 0 bridgehead atoms. The van der Waals surface area contributed by atoms with Gasteiger partial charge < -0.3 is 15.7 Å². The molecule has 0 radical (unpaired) electrons. The Bertz CT molecular complexity index is 408. The summed E-state index contributed by atoms with van der Waals surface area (Å²) in [6.45, 7) is 1.61. The summed E-state index contributed by atoms with van der Waals surface area (Å²) >= 11 is 0. The summed E-state index contributed by atoms with van der Waals surface area (Å²) in [4.78, 5) is 14.0. The van der Waals surface area contributed by atoms with Crippen molar-refractivity contribution in [1.82, 2.24) is 4.90 Å². The fraction of sp³-hybridized carbons (Fsp3) is 0.533. The normalized spacial score (nSPS) is 21.2. The van der Waals surface area contributed by atoms with E-state index in [4.69, 9.17) is 5.73 Å². The molecular weight excluding hydrogens is 240 g/mol. The van der Waals surface area contributed by atoms with E-state index in [-0.39, 0.29) is 24.5 Å². The predicted molar refractivity (Wildman–Crippen MR) is 74.4 cm³/mol. The van der Waals surface area contributed by atoms with E-state index >= 15 is 0 Å². The summed E-state index contributed by atoms with van der Waals surface area (Å²) in [5.74, 6) is 0.320. The number of piperidine rings is 1. The molecule has 0 aromatic heterocycles. The molecule has 1 aromatic carbocycles. The predicted octanol–water partition coefficient (Wildman–Crippen LogP) is 1.31. The molecule has 2 unspecified atom stereocenters. The summed E-state index contributed by atoms with van der Waals surface area (Å²) in [7, 11) is 0. The zero-order valence-corrected chi connectivity index (χ0v) is 11.2. The summed E-state index contributed by atoms with van der Waals surface area (Å²) in [6, 6.07) is 9.46. The van der Waals surface area contributed by atoms with E-state index in [0.29, 0.717) is 13.0 Å². The lowest BCUT2D eigenvalue weighted by Gasteiger charge is -2.32. The van der Waals surface area contributed by atoms with Crippen LogP contribution in [0.25, 0.3) is 0 Å². The first-order valence-electron chi connectivity index (χ1n) is 6.90. The Kier molecular flexibility index (Phi) is 4.93. The lowest BCUT2D eigenvalue weighted by atomic mass is 9.97. The van der Waals surface area contributed by atoms with Crippen LogP contribution >= 0.6 is 0 Å². The smallest absolute Gasteiger partial charge is 0.224 e. The Morgan fingerprint density at radius 1 is 1.42 bits per heavy atom. The van der Waals surface area contributed by atoms with Gasteiger partial charge in [0.2, 0.25) is 5.91 Å². The summed E-state index contributed by atoms with van der Waals surface area (Å²) < 4.78 is 0. The SMILES string of the molecule is NC(CC(=O)N1CCCC(CO)C1)c1ccccc1. The number of carbonyl (C=O) groups excluding carboxylic acids is 1. The van der Waals surface area contributed by atoms with Gasteiger partial charge in [-0.25, -0.2) is 0 Å². The number of hydrogen-bond donors (Lipinski definition) is 2. The van der Waals surface area contributed by atoms with E-state index in [0.717, 1.165) is 24.9 Å². The van der Waals surface area contributed by atoms with Crippen LogP contribution in [0.1, 0.15) is 30.9 Å². The zero-order valence-electron chi connectivity index (χ0n) is 11.2. The highest BCUT2D eigenvalue weighted by atomic mass is 16.3. The van der Waals surface area contributed by atoms with Gasteiger partial charge in [0.05, 0.1) is 0 Å². The van der Waals surface area contributed by atoms with Gasteiger partial charge in [0.15, 0.2) is 0 Å². The molecule has 19 heavy (non-hydrogen) atoms. The number of nitrogens with zero attached hydrogens (tertiary/aromatic N) is 1. The Hall–Kier alpha value is -1.39. The first-order valence-corrected chi connectivity index (χ1v) is 6.90. The van der Waals surface area contributed by atoms with E-state index in [2.05, 4.69) is 0 Å². The number of likely N-dealkylation sites (tertiary alicyclic amines) is 1. The van der Waals surface area contributed by atoms with E-state index in [1.807, 2.05) is 35.2 Å². The van der Waals surface area contributed by atoms with E-state index in [1.54, 1.807) is 0 Å². The lowest BCUT2D eigenvalue weighted by Crippen LogP contribution is -2.41. The van der Waals surface area contributed by atoms with Crippen molar-refractivity contribution in [2.75, 3.05) is 19.7 Å². The number of nitrogens with two attached hydrogens (primary N) is 1. The van der Waals surface area contributed by atoms with Crippen molar-refractivity contribution in [1.29, 1.82) is 0 Å². The molecule has 1 aliphatic heterocycles. The highest BCUT2D eigenvalue weighted by Gasteiger charge is 2.24. The highest BCUT2D eigenvalue weighted by molar-refractivity contribution is 5.77. The molecule has 104 valence electrons. The largest absolute Gasteiger partial charge is 0.396 e. The molecule has 1 aliphatic rings. The number of amides is 1. The number of carbonyl (C=O) groups is 1. The van der Waals surface area contributed by atoms with Crippen molar-refractivity contribution >= 4 is 5.91 Å². The van der Waals surface area contributed by atoms with Crippen LogP contribution in [-0.4, -0.2) is 35.6 Å². The summed E-state index contributed by atoms with van der Waals surface area (Å²) in [5.41, 5.74) is 7.07. The Labute approximate surface area is 114 Å². The van der Waals surface area contributed by atoms with E-state index < -0.39 is 0 Å². The number of aliphatic hydroxyl groups excluding tert-OH is 1. The van der Waals surface area contributed by atoms with Gasteiger partial charge >= 0.3 is 0 Å². The summed E-state index contributed by atoms with van der Waals surface area (Å²) in [6.07, 6.45) is 2.31. The van der Waals surface area contributed by atoms with Crippen molar-refractivity contribution in [3.63, 3.8) is 0 Å². The van der Waals surface area contributed by atoms with Gasteiger partial charge in [0.1, 0.15) is 0 Å². The fourth-order valence-corrected chi connectivity index (χ4v) is 2.58. The minimum atomic E-state index is -0.247. The maximum absolute atomic E-state index is 12.2. The van der Waals surface area contributed by atoms with Crippen LogP contribution in [0.15, 0.2) is 30.3 Å². The van der Waals surface area contributed by atoms with Gasteiger partial charge in [0, 0.05) is 32.2 Å². The monoisotopic (exact) mass is 262 g/mol. The fourth-order valence-electron chi connectivity index (χ4n) is 2.58. The van der Waals surface area contributed by atoms with Crippen molar-refractivity contribution in [3.8, 4) is 0 Å². The highest BCUT2D eigenvalue weighted by Crippen LogP contribution is 2.19. The average Bonchev–Trinajstić information content (AvgIpc) is 2.48. The van der Waals surface area contributed by atoms with Crippen molar-refractivity contribution in [2.24, 2.45) is 11.7 Å². The van der Waals surface area contributed by atoms with Crippen molar-refractivity contribution < 1.29 is 9.90 Å². The van der Waals surface area contributed by atoms with Gasteiger partial charge in [-0.05, 0) is 24.3 Å². The van der Waals surface area contributed by atoms with E-state index in [9.17, 15) is 9.90 Å². The third-order valence-corrected chi connectivity index (χ3v) is 3.75. The number of hydrogen-bond acceptors (Lipinski definition) is 3. The third kappa shape index (κ3) is 3.78. The second-order valence-corrected chi connectivity index (χ2v) is 5.25. The third-order valence-electron chi connectivity index (χ3n) is 3.75. The zero-order chi connectivity index (χ0) is 13.7. The van der Waals surface area contributed by atoms with Crippen molar-refractivity contribution in [3.05, 3.63) is 35.9 Å². The average molecular weight is 262 g/mol. The standard InChI is InChI=1S/C15H22N2O2/c16-14(13-6-2-1-3-7-13)9-15(19)17-8-4-5-12(10-17)11-18/h1-3,6-7,12,14,18H,4-5,8-11,16H2. The molecule has 2 rings (SSSR count). The molecule has 0 saturated carbocycles. The van der Waals surface area contributed by atoms with Crippen LogP contribution in [0.3, 0.4) is 0 Å². The quantitative estimate of drug-likeness (QED) is 0.859. The van der Waals surface area contributed by atoms with Crippen LogP contribution in [0.5, 0.6) is 0 Å².